The molecule has 2 N–H and O–H groups in total. The molecule has 0 unspecified atom stereocenters. The first-order valence-electron chi connectivity index (χ1n) is 12.1. The van der Waals surface area contributed by atoms with Gasteiger partial charge in [-0.15, -0.1) is 0 Å². The first-order chi connectivity index (χ1) is 15.5. The third-order valence-corrected chi connectivity index (χ3v) is 17.5. The van der Waals surface area contributed by atoms with E-state index in [4.69, 9.17) is 23.4 Å². The number of ether oxygens (including phenoxy) is 1. The molecule has 9 nitrogen and oxygen atoms in total. The average molecular weight is 494 g/mol. The van der Waals surface area contributed by atoms with Crippen molar-refractivity contribution in [3.05, 3.63) is 12.7 Å². The van der Waals surface area contributed by atoms with Gasteiger partial charge in [0, 0.05) is 6.42 Å². The Labute approximate surface area is 198 Å². The van der Waals surface area contributed by atoms with Crippen molar-refractivity contribution in [3.8, 4) is 0 Å². The van der Waals surface area contributed by atoms with Gasteiger partial charge in [0.1, 0.15) is 24.2 Å². The second kappa shape index (κ2) is 9.01. The summed E-state index contributed by atoms with van der Waals surface area (Å²) >= 11 is 0. The quantitative estimate of drug-likeness (QED) is 0.600. The van der Waals surface area contributed by atoms with Crippen LogP contribution in [0, 0.1) is 0 Å². The van der Waals surface area contributed by atoms with Crippen LogP contribution in [0.2, 0.25) is 22.2 Å². The topological polar surface area (TPSA) is 107 Å². The number of rotatable bonds is 5. The van der Waals surface area contributed by atoms with Crippen LogP contribution in [0.5, 0.6) is 0 Å². The first kappa shape index (κ1) is 24.7. The van der Waals surface area contributed by atoms with Gasteiger partial charge in [-0.2, -0.15) is 0 Å². The lowest BCUT2D eigenvalue weighted by atomic mass is 10.2. The van der Waals surface area contributed by atoms with E-state index >= 15 is 0 Å². The fourth-order valence-corrected chi connectivity index (χ4v) is 16.6. The van der Waals surface area contributed by atoms with Crippen LogP contribution in [0.15, 0.2) is 12.7 Å². The van der Waals surface area contributed by atoms with E-state index < -0.39 is 17.1 Å². The van der Waals surface area contributed by atoms with Gasteiger partial charge in [-0.25, -0.2) is 15.0 Å². The molecule has 0 aromatic carbocycles. The Bertz CT molecular complexity index is 967. The minimum atomic E-state index is -2.66. The average Bonchev–Trinajstić information content (AvgIpc) is 3.32. The lowest BCUT2D eigenvalue weighted by Gasteiger charge is -2.51. The van der Waals surface area contributed by atoms with Crippen molar-refractivity contribution in [2.24, 2.45) is 0 Å². The number of nitrogens with two attached hydrogens (primary N) is 1. The molecule has 2 saturated heterocycles. The Morgan fingerprint density at radius 3 is 2.15 bits per heavy atom. The van der Waals surface area contributed by atoms with Crippen LogP contribution in [0.3, 0.4) is 0 Å². The van der Waals surface area contributed by atoms with E-state index in [0.29, 0.717) is 41.1 Å². The van der Waals surface area contributed by atoms with Crippen molar-refractivity contribution in [3.63, 3.8) is 0 Å². The highest BCUT2D eigenvalue weighted by atomic mass is 28.5. The van der Waals surface area contributed by atoms with Gasteiger partial charge in [-0.3, -0.25) is 4.57 Å². The third-order valence-electron chi connectivity index (χ3n) is 7.22. The van der Waals surface area contributed by atoms with Crippen LogP contribution in [-0.2, 0) is 17.7 Å². The SMILES string of the molecule is CC(C)[Si]1(C(C)C)OC[C@H]2O[C@@H](n3cnc4c(N)ncnc43)C[C@H]2O[Si](C(C)C)(C(C)C)O1. The standard InChI is InChI=1S/C22H39N5O4Si2/c1-13(2)32(14(3)4)28-10-18-17(30-33(31-32,15(5)6)16(7)8)9-19(29-18)27-12-26-20-21(23)24-11-25-22(20)27/h11-19H,9-10H2,1-8H3,(H2,23,24,25)/t17-,18-,19-/m1/s1. The van der Waals surface area contributed by atoms with Crippen LogP contribution in [0.25, 0.3) is 11.2 Å². The second-order valence-corrected chi connectivity index (χ2v) is 19.4. The van der Waals surface area contributed by atoms with Gasteiger partial charge >= 0.3 is 17.1 Å². The lowest BCUT2D eigenvalue weighted by Crippen LogP contribution is -2.65. The Balaban J connectivity index is 1.72. The predicted molar refractivity (Wildman–Crippen MR) is 132 cm³/mol. The summed E-state index contributed by atoms with van der Waals surface area (Å²) in [5.41, 5.74) is 8.42. The van der Waals surface area contributed by atoms with Gasteiger partial charge in [-0.1, -0.05) is 55.4 Å². The van der Waals surface area contributed by atoms with Gasteiger partial charge in [0.25, 0.3) is 0 Å². The van der Waals surface area contributed by atoms with Crippen molar-refractivity contribution in [1.29, 1.82) is 0 Å². The minimum absolute atomic E-state index is 0.116. The van der Waals surface area contributed by atoms with Crippen molar-refractivity contribution in [1.82, 2.24) is 19.5 Å². The molecule has 2 aromatic rings. The van der Waals surface area contributed by atoms with Crippen molar-refractivity contribution >= 4 is 34.1 Å². The molecule has 2 aromatic heterocycles. The molecule has 0 spiro atoms. The molecule has 184 valence electrons. The van der Waals surface area contributed by atoms with E-state index in [1.165, 1.54) is 6.33 Å². The summed E-state index contributed by atoms with van der Waals surface area (Å²) in [6.45, 7) is 18.3. The summed E-state index contributed by atoms with van der Waals surface area (Å²) in [4.78, 5) is 12.9. The molecule has 3 atom stereocenters. The van der Waals surface area contributed by atoms with E-state index in [9.17, 15) is 0 Å². The zero-order valence-electron chi connectivity index (χ0n) is 21.1. The summed E-state index contributed by atoms with van der Waals surface area (Å²) in [5, 5.41) is 0. The van der Waals surface area contributed by atoms with Crippen molar-refractivity contribution < 1.29 is 17.7 Å². The normalized spacial score (nSPS) is 27.5. The van der Waals surface area contributed by atoms with Crippen LogP contribution >= 0.6 is 0 Å². The molecular weight excluding hydrogens is 454 g/mol. The molecule has 4 rings (SSSR count). The highest BCUT2D eigenvalue weighted by Gasteiger charge is 2.60. The molecule has 11 heteroatoms. The fraction of sp³-hybridized carbons (Fsp3) is 0.773. The van der Waals surface area contributed by atoms with E-state index in [-0.39, 0.29) is 29.5 Å². The molecule has 0 saturated carbocycles. The number of hydrogen-bond donors (Lipinski definition) is 1. The lowest BCUT2D eigenvalue weighted by molar-refractivity contribution is -0.0544. The maximum Gasteiger partial charge on any atom is 0.335 e. The summed E-state index contributed by atoms with van der Waals surface area (Å²) in [6.07, 6.45) is 3.31. The molecule has 2 aliphatic rings. The molecule has 4 heterocycles. The van der Waals surface area contributed by atoms with Crippen molar-refractivity contribution in [2.45, 2.75) is 102 Å². The number of nitrogens with zero attached hydrogens (tertiary/aromatic N) is 4. The molecule has 0 radical (unpaired) electrons. The third kappa shape index (κ3) is 4.06. The highest BCUT2D eigenvalue weighted by molar-refractivity contribution is 6.83. The first-order valence-corrected chi connectivity index (χ1v) is 16.1. The summed E-state index contributed by atoms with van der Waals surface area (Å²) in [6, 6.07) is 0. The van der Waals surface area contributed by atoms with Gasteiger partial charge < -0.3 is 23.4 Å². The van der Waals surface area contributed by atoms with Gasteiger partial charge in [0.2, 0.25) is 0 Å². The summed E-state index contributed by atoms with van der Waals surface area (Å²) in [5.74, 6) is 0.367. The zero-order chi connectivity index (χ0) is 24.1. The predicted octanol–water partition coefficient (Wildman–Crippen LogP) is 4.65. The summed E-state index contributed by atoms with van der Waals surface area (Å²) in [7, 11) is -5.24. The molecule has 2 aliphatic heterocycles. The number of anilines is 1. The molecule has 0 amide bonds. The Morgan fingerprint density at radius 1 is 0.909 bits per heavy atom. The Morgan fingerprint density at radius 2 is 1.55 bits per heavy atom. The van der Waals surface area contributed by atoms with Crippen LogP contribution in [0.1, 0.15) is 68.0 Å². The fourth-order valence-electron chi connectivity index (χ4n) is 5.39. The number of nitrogen functional groups attached to an aromatic ring is 1. The molecule has 0 aliphatic carbocycles. The van der Waals surface area contributed by atoms with E-state index in [1.807, 2.05) is 4.57 Å². The largest absolute Gasteiger partial charge is 0.414 e. The van der Waals surface area contributed by atoms with Crippen LogP contribution in [0.4, 0.5) is 5.82 Å². The molecule has 2 fully saturated rings. The number of hydrogen-bond acceptors (Lipinski definition) is 8. The van der Waals surface area contributed by atoms with Crippen molar-refractivity contribution in [2.75, 3.05) is 12.3 Å². The summed E-state index contributed by atoms with van der Waals surface area (Å²) < 4.78 is 29.7. The van der Waals surface area contributed by atoms with E-state index in [2.05, 4.69) is 70.3 Å². The van der Waals surface area contributed by atoms with Gasteiger partial charge in [0.05, 0.1) is 19.0 Å². The molecular formula is C22H39N5O4Si2. The number of fused-ring (bicyclic) bond motifs is 2. The monoisotopic (exact) mass is 493 g/mol. The molecule has 0 bridgehead atoms. The maximum absolute atomic E-state index is 7.25. The Kier molecular flexibility index (Phi) is 6.75. The van der Waals surface area contributed by atoms with Crippen LogP contribution < -0.4 is 5.73 Å². The smallest absolute Gasteiger partial charge is 0.335 e. The number of imidazole rings is 1. The van der Waals surface area contributed by atoms with Gasteiger partial charge in [-0.05, 0) is 22.2 Å². The minimum Gasteiger partial charge on any atom is -0.414 e. The molecule has 33 heavy (non-hydrogen) atoms. The van der Waals surface area contributed by atoms with E-state index in [1.54, 1.807) is 6.33 Å². The van der Waals surface area contributed by atoms with Gasteiger partial charge in [0.15, 0.2) is 11.5 Å². The highest BCUT2D eigenvalue weighted by Crippen LogP contribution is 2.48. The van der Waals surface area contributed by atoms with Crippen LogP contribution in [-0.4, -0.2) is 55.5 Å². The maximum atomic E-state index is 7.25. The van der Waals surface area contributed by atoms with E-state index in [0.717, 1.165) is 0 Å². The number of aromatic nitrogens is 4. The Hall–Kier alpha value is -1.38. The second-order valence-electron chi connectivity index (χ2n) is 10.6. The zero-order valence-corrected chi connectivity index (χ0v) is 23.1.